The van der Waals surface area contributed by atoms with Gasteiger partial charge in [0.05, 0.1) is 12.8 Å². The molecule has 1 aliphatic rings. The lowest BCUT2D eigenvalue weighted by atomic mass is 10.1. The third-order valence-electron chi connectivity index (χ3n) is 4.93. The Hall–Kier alpha value is -2.71. The lowest BCUT2D eigenvalue weighted by Crippen LogP contribution is -2.30. The molecule has 3 aromatic carbocycles. The molecule has 6 nitrogen and oxygen atoms in total. The molecule has 0 atom stereocenters. The van der Waals surface area contributed by atoms with Crippen LogP contribution in [0.25, 0.3) is 6.08 Å². The molecular weight excluding hydrogens is 567 g/mol. The van der Waals surface area contributed by atoms with E-state index in [4.69, 9.17) is 44.3 Å². The van der Waals surface area contributed by atoms with Crippen LogP contribution < -0.4 is 19.7 Å². The molecule has 3 aromatic rings. The van der Waals surface area contributed by atoms with Crippen LogP contribution in [0.3, 0.4) is 0 Å². The highest BCUT2D eigenvalue weighted by atomic mass is 79.9. The van der Waals surface area contributed by atoms with Crippen molar-refractivity contribution in [3.63, 3.8) is 0 Å². The fourth-order valence-electron chi connectivity index (χ4n) is 3.27. The molecule has 1 fully saturated rings. The van der Waals surface area contributed by atoms with Crippen molar-refractivity contribution in [1.82, 2.24) is 5.32 Å². The van der Waals surface area contributed by atoms with Gasteiger partial charge in [-0.05, 0) is 54.1 Å². The summed E-state index contributed by atoms with van der Waals surface area (Å²) in [5.41, 5.74) is 1.84. The van der Waals surface area contributed by atoms with Crippen LogP contribution >= 0.6 is 50.7 Å². The number of halogens is 4. The number of methoxy groups -OCH3 is 1. The fraction of sp³-hybridized carbons (Fsp3) is 0.0833. The number of amides is 3. The van der Waals surface area contributed by atoms with E-state index in [-0.39, 0.29) is 12.3 Å². The van der Waals surface area contributed by atoms with Gasteiger partial charge in [0.1, 0.15) is 12.3 Å². The monoisotopic (exact) mass is 580 g/mol. The topological polar surface area (TPSA) is 67.9 Å². The number of anilines is 1. The van der Waals surface area contributed by atoms with Crippen LogP contribution in [0.15, 0.2) is 64.8 Å². The number of hydrogen-bond donors (Lipinski definition) is 1. The van der Waals surface area contributed by atoms with E-state index in [1.165, 1.54) is 7.11 Å². The van der Waals surface area contributed by atoms with E-state index in [1.54, 1.807) is 60.7 Å². The highest BCUT2D eigenvalue weighted by Crippen LogP contribution is 2.36. The van der Waals surface area contributed by atoms with Crippen molar-refractivity contribution in [1.29, 1.82) is 0 Å². The molecule has 0 spiro atoms. The smallest absolute Gasteiger partial charge is 0.333 e. The predicted octanol–water partition coefficient (Wildman–Crippen LogP) is 7.09. The first kappa shape index (κ1) is 24.4. The normalized spacial score (nSPS) is 14.5. The van der Waals surface area contributed by atoms with Gasteiger partial charge in [0, 0.05) is 25.1 Å². The summed E-state index contributed by atoms with van der Waals surface area (Å²) in [4.78, 5) is 26.4. The Kier molecular flexibility index (Phi) is 7.38. The van der Waals surface area contributed by atoms with E-state index in [0.29, 0.717) is 42.3 Å². The van der Waals surface area contributed by atoms with Crippen molar-refractivity contribution in [3.05, 3.63) is 91.0 Å². The van der Waals surface area contributed by atoms with Gasteiger partial charge in [0.15, 0.2) is 11.5 Å². The molecule has 1 aliphatic heterocycles. The summed E-state index contributed by atoms with van der Waals surface area (Å²) >= 11 is 21.7. The molecule has 4 rings (SSSR count). The van der Waals surface area contributed by atoms with E-state index in [9.17, 15) is 9.59 Å². The summed E-state index contributed by atoms with van der Waals surface area (Å²) in [6.07, 6.45) is 1.55. The van der Waals surface area contributed by atoms with Crippen LogP contribution in [-0.2, 0) is 11.4 Å². The van der Waals surface area contributed by atoms with Crippen molar-refractivity contribution in [2.24, 2.45) is 0 Å². The zero-order chi connectivity index (χ0) is 24.4. The van der Waals surface area contributed by atoms with Crippen molar-refractivity contribution < 1.29 is 19.1 Å². The van der Waals surface area contributed by atoms with Gasteiger partial charge in [-0.1, -0.05) is 62.9 Å². The molecule has 1 N–H and O–H groups in total. The molecule has 3 amide bonds. The second-order valence-electron chi connectivity index (χ2n) is 7.16. The second-order valence-corrected chi connectivity index (χ2v) is 9.29. The van der Waals surface area contributed by atoms with Crippen molar-refractivity contribution in [2.45, 2.75) is 6.61 Å². The molecule has 34 heavy (non-hydrogen) atoms. The Balaban J connectivity index is 1.59. The number of nitrogens with zero attached hydrogens (tertiary/aromatic N) is 1. The Bertz CT molecular complexity index is 1330. The second kappa shape index (κ2) is 10.3. The molecule has 0 radical (unpaired) electrons. The summed E-state index contributed by atoms with van der Waals surface area (Å²) in [5, 5.41) is 4.04. The SMILES string of the molecule is COc1cc(/C=C2/NC(=O)N(c3cccc(Cl)c3)C2=O)c(Br)cc1OCc1ccc(Cl)cc1Cl. The molecule has 0 saturated carbocycles. The van der Waals surface area contributed by atoms with Crippen molar-refractivity contribution in [2.75, 3.05) is 12.0 Å². The first-order valence-corrected chi connectivity index (χ1v) is 11.8. The van der Waals surface area contributed by atoms with E-state index in [2.05, 4.69) is 21.2 Å². The van der Waals surface area contributed by atoms with Crippen LogP contribution in [0.4, 0.5) is 10.5 Å². The summed E-state index contributed by atoms with van der Waals surface area (Å²) < 4.78 is 12.0. The molecule has 0 unspecified atom stereocenters. The third kappa shape index (κ3) is 5.18. The van der Waals surface area contributed by atoms with E-state index < -0.39 is 11.9 Å². The average molecular weight is 583 g/mol. The van der Waals surface area contributed by atoms with Crippen LogP contribution in [-0.4, -0.2) is 19.0 Å². The van der Waals surface area contributed by atoms with E-state index >= 15 is 0 Å². The minimum atomic E-state index is -0.568. The van der Waals surface area contributed by atoms with Crippen LogP contribution in [0, 0.1) is 0 Å². The fourth-order valence-corrected chi connectivity index (χ4v) is 4.35. The number of carbonyl (C=O) groups excluding carboxylic acids is 2. The highest BCUT2D eigenvalue weighted by molar-refractivity contribution is 9.10. The zero-order valence-corrected chi connectivity index (χ0v) is 21.4. The molecule has 10 heteroatoms. The minimum absolute atomic E-state index is 0.106. The summed E-state index contributed by atoms with van der Waals surface area (Å²) in [5.74, 6) is 0.393. The molecule has 1 heterocycles. The van der Waals surface area contributed by atoms with Crippen molar-refractivity contribution >= 4 is 74.4 Å². The minimum Gasteiger partial charge on any atom is -0.493 e. The number of rotatable bonds is 6. The number of nitrogens with one attached hydrogen (secondary N) is 1. The van der Waals surface area contributed by atoms with E-state index in [1.807, 2.05) is 0 Å². The first-order valence-electron chi connectivity index (χ1n) is 9.84. The maximum absolute atomic E-state index is 12.9. The van der Waals surface area contributed by atoms with Crippen molar-refractivity contribution in [3.8, 4) is 11.5 Å². The maximum Gasteiger partial charge on any atom is 0.333 e. The molecule has 0 aliphatic carbocycles. The van der Waals surface area contributed by atoms with Gasteiger partial charge in [-0.3, -0.25) is 4.79 Å². The van der Waals surface area contributed by atoms with Crippen LogP contribution in [0.5, 0.6) is 11.5 Å². The maximum atomic E-state index is 12.9. The van der Waals surface area contributed by atoms with Gasteiger partial charge >= 0.3 is 6.03 Å². The van der Waals surface area contributed by atoms with Gasteiger partial charge in [0.2, 0.25) is 0 Å². The highest BCUT2D eigenvalue weighted by Gasteiger charge is 2.35. The number of imide groups is 1. The Morgan fingerprint density at radius 1 is 1.00 bits per heavy atom. The predicted molar refractivity (Wildman–Crippen MR) is 137 cm³/mol. The van der Waals surface area contributed by atoms with Crippen LogP contribution in [0.1, 0.15) is 11.1 Å². The number of carbonyl (C=O) groups is 2. The third-order valence-corrected chi connectivity index (χ3v) is 6.43. The molecule has 0 bridgehead atoms. The number of benzene rings is 3. The quantitative estimate of drug-likeness (QED) is 0.249. The summed E-state index contributed by atoms with van der Waals surface area (Å²) in [7, 11) is 1.51. The standard InChI is InChI=1S/C24H16BrCl3N2O4/c1-33-21-8-14(18(25)11-22(21)34-12-13-5-6-16(27)10-19(13)28)7-20-23(31)30(24(32)29-20)17-4-2-3-15(26)9-17/h2-11H,12H2,1H3,(H,29,32)/b20-7+. The summed E-state index contributed by atoms with van der Waals surface area (Å²) in [6, 6.07) is 14.5. The molecule has 0 aromatic heterocycles. The largest absolute Gasteiger partial charge is 0.493 e. The lowest BCUT2D eigenvalue weighted by Gasteiger charge is -2.14. The number of ether oxygens (including phenoxy) is 2. The molecular formula is C24H16BrCl3N2O4. The molecule has 174 valence electrons. The Labute approximate surface area is 219 Å². The van der Waals surface area contributed by atoms with Gasteiger partial charge in [-0.2, -0.15) is 0 Å². The number of urea groups is 1. The Morgan fingerprint density at radius 3 is 2.47 bits per heavy atom. The Morgan fingerprint density at radius 2 is 1.76 bits per heavy atom. The van der Waals surface area contributed by atoms with Gasteiger partial charge in [0.25, 0.3) is 5.91 Å². The van der Waals surface area contributed by atoms with Gasteiger partial charge in [-0.15, -0.1) is 0 Å². The van der Waals surface area contributed by atoms with Crippen LogP contribution in [0.2, 0.25) is 15.1 Å². The zero-order valence-electron chi connectivity index (χ0n) is 17.6. The molecule has 1 saturated heterocycles. The lowest BCUT2D eigenvalue weighted by molar-refractivity contribution is -0.113. The first-order chi connectivity index (χ1) is 16.3. The summed E-state index contributed by atoms with van der Waals surface area (Å²) in [6.45, 7) is 0.197. The average Bonchev–Trinajstić information content (AvgIpc) is 3.07. The van der Waals surface area contributed by atoms with Gasteiger partial charge < -0.3 is 14.8 Å². The number of hydrogen-bond acceptors (Lipinski definition) is 4. The van der Waals surface area contributed by atoms with E-state index in [0.717, 1.165) is 10.5 Å². The van der Waals surface area contributed by atoms with Gasteiger partial charge in [-0.25, -0.2) is 9.69 Å².